The molecule has 2 aromatic heterocycles. The van der Waals surface area contributed by atoms with Gasteiger partial charge in [0.15, 0.2) is 0 Å². The minimum atomic E-state index is -0.784. The standard InChI is InChI=1S/C14H16N2O4S/c17-12(18)4-2-1-3-6-15-13(19)11-9-21-14(16-11)10-5-7-20-8-10/h5,7-9H,1-4,6H2,(H,15,19)(H,17,18). The van der Waals surface area contributed by atoms with E-state index in [1.807, 2.05) is 0 Å². The Morgan fingerprint density at radius 3 is 2.90 bits per heavy atom. The van der Waals surface area contributed by atoms with Crippen LogP contribution in [0.25, 0.3) is 10.6 Å². The Morgan fingerprint density at radius 1 is 1.33 bits per heavy atom. The molecule has 1 amide bonds. The summed E-state index contributed by atoms with van der Waals surface area (Å²) < 4.78 is 4.98. The number of amides is 1. The number of carboxylic acids is 1. The molecule has 0 saturated carbocycles. The first-order valence-electron chi connectivity index (χ1n) is 6.65. The van der Waals surface area contributed by atoms with Crippen LogP contribution in [-0.2, 0) is 4.79 Å². The third kappa shape index (κ3) is 4.71. The number of carbonyl (C=O) groups excluding carboxylic acids is 1. The molecule has 2 heterocycles. The Kier molecular flexibility index (Phi) is 5.51. The van der Waals surface area contributed by atoms with Crippen molar-refractivity contribution in [3.8, 4) is 10.6 Å². The van der Waals surface area contributed by atoms with Gasteiger partial charge in [0.1, 0.15) is 17.0 Å². The first-order chi connectivity index (χ1) is 10.2. The minimum absolute atomic E-state index is 0.175. The van der Waals surface area contributed by atoms with Crippen molar-refractivity contribution in [1.29, 1.82) is 0 Å². The molecular weight excluding hydrogens is 292 g/mol. The van der Waals surface area contributed by atoms with Gasteiger partial charge in [-0.15, -0.1) is 11.3 Å². The van der Waals surface area contributed by atoms with Crippen molar-refractivity contribution in [2.45, 2.75) is 25.7 Å². The van der Waals surface area contributed by atoms with Gasteiger partial charge in [0.25, 0.3) is 5.91 Å². The maximum Gasteiger partial charge on any atom is 0.303 e. The molecule has 112 valence electrons. The Balaban J connectivity index is 1.73. The number of nitrogens with one attached hydrogen (secondary N) is 1. The average Bonchev–Trinajstić information content (AvgIpc) is 3.11. The van der Waals surface area contributed by atoms with Crippen molar-refractivity contribution in [1.82, 2.24) is 10.3 Å². The van der Waals surface area contributed by atoms with Gasteiger partial charge in [-0.3, -0.25) is 9.59 Å². The van der Waals surface area contributed by atoms with Gasteiger partial charge in [0.2, 0.25) is 0 Å². The summed E-state index contributed by atoms with van der Waals surface area (Å²) in [6.07, 6.45) is 5.50. The molecule has 2 rings (SSSR count). The molecule has 21 heavy (non-hydrogen) atoms. The van der Waals surface area contributed by atoms with E-state index in [4.69, 9.17) is 9.52 Å². The monoisotopic (exact) mass is 308 g/mol. The third-order valence-corrected chi connectivity index (χ3v) is 3.75. The molecule has 0 fully saturated rings. The predicted octanol–water partition coefficient (Wildman–Crippen LogP) is 2.78. The van der Waals surface area contributed by atoms with Gasteiger partial charge in [-0.05, 0) is 18.9 Å². The van der Waals surface area contributed by atoms with Crippen LogP contribution < -0.4 is 5.32 Å². The number of unbranched alkanes of at least 4 members (excludes halogenated alkanes) is 2. The normalized spacial score (nSPS) is 10.5. The van der Waals surface area contributed by atoms with Gasteiger partial charge < -0.3 is 14.8 Å². The Morgan fingerprint density at radius 2 is 2.19 bits per heavy atom. The molecule has 0 atom stereocenters. The van der Waals surface area contributed by atoms with Gasteiger partial charge in [-0.25, -0.2) is 4.98 Å². The maximum atomic E-state index is 11.9. The van der Waals surface area contributed by atoms with E-state index in [0.717, 1.165) is 23.4 Å². The zero-order valence-electron chi connectivity index (χ0n) is 11.4. The number of thiazole rings is 1. The number of hydrogen-bond donors (Lipinski definition) is 2. The Hall–Kier alpha value is -2.15. The van der Waals surface area contributed by atoms with Crippen LogP contribution in [0.5, 0.6) is 0 Å². The number of hydrogen-bond acceptors (Lipinski definition) is 5. The summed E-state index contributed by atoms with van der Waals surface area (Å²) in [5, 5.41) is 13.7. The molecule has 0 aromatic carbocycles. The summed E-state index contributed by atoms with van der Waals surface area (Å²) in [5.41, 5.74) is 1.24. The lowest BCUT2D eigenvalue weighted by molar-refractivity contribution is -0.137. The topological polar surface area (TPSA) is 92.4 Å². The highest BCUT2D eigenvalue weighted by Gasteiger charge is 2.11. The highest BCUT2D eigenvalue weighted by atomic mass is 32.1. The van der Waals surface area contributed by atoms with Crippen molar-refractivity contribution in [3.05, 3.63) is 29.7 Å². The summed E-state index contributed by atoms with van der Waals surface area (Å²) in [6, 6.07) is 1.79. The quantitative estimate of drug-likeness (QED) is 0.731. The van der Waals surface area contributed by atoms with E-state index in [1.54, 1.807) is 24.0 Å². The lowest BCUT2D eigenvalue weighted by Gasteiger charge is -2.02. The van der Waals surface area contributed by atoms with E-state index in [0.29, 0.717) is 18.7 Å². The molecular formula is C14H16N2O4S. The molecule has 7 heteroatoms. The fourth-order valence-electron chi connectivity index (χ4n) is 1.77. The molecule has 0 spiro atoms. The second-order valence-electron chi connectivity index (χ2n) is 4.51. The number of carboxylic acid groups (broad SMARTS) is 1. The number of aromatic nitrogens is 1. The van der Waals surface area contributed by atoms with Crippen LogP contribution in [-0.4, -0.2) is 28.5 Å². The molecule has 0 aliphatic heterocycles. The zero-order valence-corrected chi connectivity index (χ0v) is 12.2. The summed E-state index contributed by atoms with van der Waals surface area (Å²) >= 11 is 1.39. The lowest BCUT2D eigenvalue weighted by Crippen LogP contribution is -2.24. The van der Waals surface area contributed by atoms with Gasteiger partial charge in [-0.2, -0.15) is 0 Å². The fraction of sp³-hybridized carbons (Fsp3) is 0.357. The van der Waals surface area contributed by atoms with Crippen LogP contribution in [0.2, 0.25) is 0 Å². The molecule has 6 nitrogen and oxygen atoms in total. The molecule has 0 aliphatic carbocycles. The minimum Gasteiger partial charge on any atom is -0.481 e. The highest BCUT2D eigenvalue weighted by Crippen LogP contribution is 2.23. The Labute approximate surface area is 125 Å². The van der Waals surface area contributed by atoms with Gasteiger partial charge in [-0.1, -0.05) is 6.42 Å². The van der Waals surface area contributed by atoms with Crippen molar-refractivity contribution >= 4 is 23.2 Å². The van der Waals surface area contributed by atoms with Crippen molar-refractivity contribution in [2.75, 3.05) is 6.54 Å². The van der Waals surface area contributed by atoms with Crippen LogP contribution in [0.15, 0.2) is 28.4 Å². The number of rotatable bonds is 8. The predicted molar refractivity (Wildman–Crippen MR) is 78.3 cm³/mol. The molecule has 2 aromatic rings. The van der Waals surface area contributed by atoms with Crippen LogP contribution in [0.1, 0.15) is 36.2 Å². The van der Waals surface area contributed by atoms with E-state index in [9.17, 15) is 9.59 Å². The Bertz CT molecular complexity index is 592. The van der Waals surface area contributed by atoms with Gasteiger partial charge >= 0.3 is 5.97 Å². The van der Waals surface area contributed by atoms with E-state index < -0.39 is 5.97 Å². The number of aliphatic carboxylic acids is 1. The summed E-state index contributed by atoms with van der Waals surface area (Å²) in [7, 11) is 0. The van der Waals surface area contributed by atoms with Crippen LogP contribution in [0, 0.1) is 0 Å². The third-order valence-electron chi connectivity index (χ3n) is 2.86. The molecule has 0 saturated heterocycles. The van der Waals surface area contributed by atoms with Crippen LogP contribution in [0.4, 0.5) is 0 Å². The van der Waals surface area contributed by atoms with E-state index in [2.05, 4.69) is 10.3 Å². The molecule has 0 aliphatic rings. The molecule has 0 bridgehead atoms. The highest BCUT2D eigenvalue weighted by molar-refractivity contribution is 7.13. The molecule has 2 N–H and O–H groups in total. The number of furan rings is 1. The van der Waals surface area contributed by atoms with E-state index in [-0.39, 0.29) is 12.3 Å². The maximum absolute atomic E-state index is 11.9. The van der Waals surface area contributed by atoms with E-state index in [1.165, 1.54) is 11.3 Å². The second-order valence-corrected chi connectivity index (χ2v) is 5.37. The van der Waals surface area contributed by atoms with Crippen LogP contribution >= 0.6 is 11.3 Å². The first kappa shape index (κ1) is 15.2. The second kappa shape index (κ2) is 7.58. The largest absolute Gasteiger partial charge is 0.481 e. The number of carbonyl (C=O) groups is 2. The summed E-state index contributed by atoms with van der Waals surface area (Å²) in [4.78, 5) is 26.5. The van der Waals surface area contributed by atoms with Crippen molar-refractivity contribution in [3.63, 3.8) is 0 Å². The van der Waals surface area contributed by atoms with Gasteiger partial charge in [0, 0.05) is 23.9 Å². The summed E-state index contributed by atoms with van der Waals surface area (Å²) in [5.74, 6) is -0.993. The molecule has 0 unspecified atom stereocenters. The molecule has 0 radical (unpaired) electrons. The zero-order chi connectivity index (χ0) is 15.1. The smallest absolute Gasteiger partial charge is 0.303 e. The average molecular weight is 308 g/mol. The van der Waals surface area contributed by atoms with Gasteiger partial charge in [0.05, 0.1) is 6.26 Å². The number of nitrogens with zero attached hydrogens (tertiary/aromatic N) is 1. The van der Waals surface area contributed by atoms with Crippen LogP contribution in [0.3, 0.4) is 0 Å². The summed E-state index contributed by atoms with van der Waals surface area (Å²) in [6.45, 7) is 0.525. The van der Waals surface area contributed by atoms with Crippen molar-refractivity contribution in [2.24, 2.45) is 0 Å². The van der Waals surface area contributed by atoms with Crippen molar-refractivity contribution < 1.29 is 19.1 Å². The van der Waals surface area contributed by atoms with E-state index >= 15 is 0 Å². The fourth-order valence-corrected chi connectivity index (χ4v) is 2.55. The lowest BCUT2D eigenvalue weighted by atomic mass is 10.2. The SMILES string of the molecule is O=C(O)CCCCCNC(=O)c1csc(-c2ccoc2)n1. The first-order valence-corrected chi connectivity index (χ1v) is 7.53.